The molecule has 0 bridgehead atoms. The molecule has 17 heavy (non-hydrogen) atoms. The summed E-state index contributed by atoms with van der Waals surface area (Å²) in [5.41, 5.74) is 3.93. The Bertz CT molecular complexity index is 435. The summed E-state index contributed by atoms with van der Waals surface area (Å²) in [5.74, 6) is 0.969. The predicted molar refractivity (Wildman–Crippen MR) is 70.0 cm³/mol. The molecule has 0 amide bonds. The van der Waals surface area contributed by atoms with Crippen LogP contribution in [-0.4, -0.2) is 12.6 Å². The molecular formula is C16H21N. The van der Waals surface area contributed by atoms with Crippen LogP contribution in [-0.2, 0) is 12.8 Å². The highest BCUT2D eigenvalue weighted by Gasteiger charge is 2.54. The topological polar surface area (TPSA) is 12.0 Å². The Morgan fingerprint density at radius 2 is 2.00 bits per heavy atom. The lowest BCUT2D eigenvalue weighted by atomic mass is 9.80. The number of benzene rings is 1. The van der Waals surface area contributed by atoms with E-state index in [0.717, 1.165) is 12.0 Å². The minimum Gasteiger partial charge on any atom is -0.314 e. The lowest BCUT2D eigenvalue weighted by Crippen LogP contribution is -2.24. The predicted octanol–water partition coefficient (Wildman–Crippen LogP) is 2.93. The Morgan fingerprint density at radius 3 is 2.82 bits per heavy atom. The van der Waals surface area contributed by atoms with Gasteiger partial charge in [-0.2, -0.15) is 0 Å². The molecule has 0 saturated heterocycles. The molecule has 2 saturated carbocycles. The van der Waals surface area contributed by atoms with Crippen molar-refractivity contribution >= 4 is 0 Å². The minimum absolute atomic E-state index is 0.691. The van der Waals surface area contributed by atoms with E-state index >= 15 is 0 Å². The molecule has 3 aliphatic rings. The fourth-order valence-electron chi connectivity index (χ4n) is 3.66. The number of hydrogen-bond acceptors (Lipinski definition) is 1. The first-order chi connectivity index (χ1) is 8.36. The van der Waals surface area contributed by atoms with E-state index in [1.165, 1.54) is 45.1 Å². The molecule has 1 aromatic rings. The summed E-state index contributed by atoms with van der Waals surface area (Å²) < 4.78 is 0. The number of hydrogen-bond donors (Lipinski definition) is 1. The van der Waals surface area contributed by atoms with Gasteiger partial charge >= 0.3 is 0 Å². The van der Waals surface area contributed by atoms with E-state index in [1.807, 2.05) is 0 Å². The second-order valence-electron chi connectivity index (χ2n) is 6.39. The Kier molecular flexibility index (Phi) is 2.14. The fraction of sp³-hybridized carbons (Fsp3) is 0.625. The van der Waals surface area contributed by atoms with Crippen molar-refractivity contribution in [2.75, 3.05) is 6.54 Å². The van der Waals surface area contributed by atoms with Crippen molar-refractivity contribution in [3.05, 3.63) is 35.4 Å². The highest BCUT2D eigenvalue weighted by Crippen LogP contribution is 2.59. The zero-order valence-electron chi connectivity index (χ0n) is 10.4. The summed E-state index contributed by atoms with van der Waals surface area (Å²) in [6.45, 7) is 1.28. The lowest BCUT2D eigenvalue weighted by molar-refractivity contribution is 0.384. The fourth-order valence-corrected chi connectivity index (χ4v) is 3.66. The molecule has 90 valence electrons. The number of fused-ring (bicyclic) bond motifs is 1. The van der Waals surface area contributed by atoms with Crippen molar-refractivity contribution < 1.29 is 0 Å². The molecule has 0 aromatic heterocycles. The van der Waals surface area contributed by atoms with Gasteiger partial charge in [0, 0.05) is 6.04 Å². The van der Waals surface area contributed by atoms with E-state index in [4.69, 9.17) is 0 Å². The highest BCUT2D eigenvalue weighted by atomic mass is 15.0. The van der Waals surface area contributed by atoms with Gasteiger partial charge in [0.15, 0.2) is 0 Å². The van der Waals surface area contributed by atoms with Crippen LogP contribution in [0.25, 0.3) is 0 Å². The van der Waals surface area contributed by atoms with Gasteiger partial charge in [0.1, 0.15) is 0 Å². The second-order valence-corrected chi connectivity index (χ2v) is 6.39. The monoisotopic (exact) mass is 227 g/mol. The first kappa shape index (κ1) is 10.1. The second kappa shape index (κ2) is 3.58. The maximum atomic E-state index is 3.71. The van der Waals surface area contributed by atoms with Crippen LogP contribution in [0.2, 0.25) is 0 Å². The lowest BCUT2D eigenvalue weighted by Gasteiger charge is -2.25. The Labute approximate surface area is 104 Å². The van der Waals surface area contributed by atoms with Gasteiger partial charge in [-0.3, -0.25) is 0 Å². The molecule has 0 heterocycles. The molecule has 2 fully saturated rings. The van der Waals surface area contributed by atoms with Crippen LogP contribution in [0, 0.1) is 11.3 Å². The van der Waals surface area contributed by atoms with Crippen molar-refractivity contribution in [2.24, 2.45) is 11.3 Å². The van der Waals surface area contributed by atoms with Gasteiger partial charge in [-0.25, -0.2) is 0 Å². The molecule has 0 radical (unpaired) electrons. The van der Waals surface area contributed by atoms with Crippen molar-refractivity contribution in [1.29, 1.82) is 0 Å². The van der Waals surface area contributed by atoms with Crippen molar-refractivity contribution in [3.63, 3.8) is 0 Å². The van der Waals surface area contributed by atoms with Crippen LogP contribution < -0.4 is 5.32 Å². The number of aryl methyl sites for hydroxylation is 1. The average molecular weight is 227 g/mol. The molecular weight excluding hydrogens is 206 g/mol. The molecule has 1 aromatic carbocycles. The van der Waals surface area contributed by atoms with Crippen molar-refractivity contribution in [2.45, 2.75) is 44.6 Å². The molecule has 1 heteroatoms. The summed E-state index contributed by atoms with van der Waals surface area (Å²) in [6.07, 6.45) is 8.41. The van der Waals surface area contributed by atoms with Gasteiger partial charge in [0.25, 0.3) is 0 Å². The van der Waals surface area contributed by atoms with Crippen LogP contribution in [0.4, 0.5) is 0 Å². The Morgan fingerprint density at radius 1 is 1.18 bits per heavy atom. The van der Waals surface area contributed by atoms with E-state index in [0.29, 0.717) is 5.41 Å². The third kappa shape index (κ3) is 1.81. The average Bonchev–Trinajstić information content (AvgIpc) is 3.25. The quantitative estimate of drug-likeness (QED) is 0.837. The zero-order valence-corrected chi connectivity index (χ0v) is 10.4. The number of nitrogens with one attached hydrogen (secondary N) is 1. The summed E-state index contributed by atoms with van der Waals surface area (Å²) in [7, 11) is 0. The normalized spacial score (nSPS) is 34.7. The maximum absolute atomic E-state index is 3.71. The SMILES string of the molecule is c1ccc2c(c1)CCC1(C2)CC1CNC1CC1. The first-order valence-electron chi connectivity index (χ1n) is 7.16. The first-order valence-corrected chi connectivity index (χ1v) is 7.16. The molecule has 1 nitrogen and oxygen atoms in total. The molecule has 2 unspecified atom stereocenters. The molecule has 1 spiro atoms. The zero-order chi connectivity index (χ0) is 11.3. The Balaban J connectivity index is 1.44. The molecule has 4 rings (SSSR count). The van der Waals surface area contributed by atoms with Crippen LogP contribution in [0.15, 0.2) is 24.3 Å². The molecule has 0 aliphatic heterocycles. The standard InChI is InChI=1S/C16H21N/c1-2-4-13-9-16(8-7-12(13)3-1)10-14(16)11-17-15-5-6-15/h1-4,14-15,17H,5-11H2. The summed E-state index contributed by atoms with van der Waals surface area (Å²) in [5, 5.41) is 3.71. The van der Waals surface area contributed by atoms with Crippen molar-refractivity contribution in [3.8, 4) is 0 Å². The van der Waals surface area contributed by atoms with Gasteiger partial charge in [0.2, 0.25) is 0 Å². The van der Waals surface area contributed by atoms with E-state index in [9.17, 15) is 0 Å². The van der Waals surface area contributed by atoms with Gasteiger partial charge in [-0.05, 0) is 67.5 Å². The smallest absolute Gasteiger partial charge is 0.00683 e. The van der Waals surface area contributed by atoms with Gasteiger partial charge in [0.05, 0.1) is 0 Å². The van der Waals surface area contributed by atoms with Crippen LogP contribution >= 0.6 is 0 Å². The summed E-state index contributed by atoms with van der Waals surface area (Å²) in [4.78, 5) is 0. The minimum atomic E-state index is 0.691. The van der Waals surface area contributed by atoms with E-state index < -0.39 is 0 Å². The van der Waals surface area contributed by atoms with Gasteiger partial charge < -0.3 is 5.32 Å². The Hall–Kier alpha value is -0.820. The van der Waals surface area contributed by atoms with Crippen LogP contribution in [0.3, 0.4) is 0 Å². The number of rotatable bonds is 3. The maximum Gasteiger partial charge on any atom is 0.00683 e. The molecule has 2 atom stereocenters. The summed E-state index contributed by atoms with van der Waals surface area (Å²) >= 11 is 0. The van der Waals surface area contributed by atoms with E-state index in [-0.39, 0.29) is 0 Å². The van der Waals surface area contributed by atoms with Gasteiger partial charge in [-0.1, -0.05) is 24.3 Å². The highest BCUT2D eigenvalue weighted by molar-refractivity contribution is 5.33. The molecule has 1 N–H and O–H groups in total. The van der Waals surface area contributed by atoms with Crippen LogP contribution in [0.5, 0.6) is 0 Å². The van der Waals surface area contributed by atoms with Crippen LogP contribution in [0.1, 0.15) is 36.8 Å². The largest absolute Gasteiger partial charge is 0.314 e. The summed E-state index contributed by atoms with van der Waals surface area (Å²) in [6, 6.07) is 9.94. The van der Waals surface area contributed by atoms with E-state index in [2.05, 4.69) is 29.6 Å². The van der Waals surface area contributed by atoms with Crippen molar-refractivity contribution in [1.82, 2.24) is 5.32 Å². The van der Waals surface area contributed by atoms with E-state index in [1.54, 1.807) is 11.1 Å². The van der Waals surface area contributed by atoms with Gasteiger partial charge in [-0.15, -0.1) is 0 Å². The molecule has 3 aliphatic carbocycles. The third-order valence-corrected chi connectivity index (χ3v) is 5.14. The third-order valence-electron chi connectivity index (χ3n) is 5.14.